The number of halogens is 9. The average Bonchev–Trinajstić information content (AvgIpc) is 2.17. The second kappa shape index (κ2) is 4.80. The Bertz CT molecular complexity index is 464. The van der Waals surface area contributed by atoms with E-state index in [4.69, 9.17) is 0 Å². The molecule has 0 atom stereocenters. The molecule has 0 radical (unpaired) electrons. The Kier molecular flexibility index (Phi) is 4.04. The summed E-state index contributed by atoms with van der Waals surface area (Å²) in [6.07, 6.45) is -16.2. The Morgan fingerprint density at radius 3 is 1.79 bits per heavy atom. The van der Waals surface area contributed by atoms with E-state index in [9.17, 15) is 35.1 Å². The Morgan fingerprint density at radius 2 is 1.42 bits per heavy atom. The Labute approximate surface area is 109 Å². The number of benzene rings is 1. The van der Waals surface area contributed by atoms with E-state index < -0.39 is 34.2 Å². The normalized spacial score (nSPS) is 13.5. The fourth-order valence-corrected chi connectivity index (χ4v) is 1.42. The van der Waals surface area contributed by atoms with Crippen LogP contribution < -0.4 is 4.74 Å². The third-order valence-electron chi connectivity index (χ3n) is 1.83. The lowest BCUT2D eigenvalue weighted by atomic mass is 10.2. The van der Waals surface area contributed by atoms with Crippen LogP contribution in [0.5, 0.6) is 5.75 Å². The van der Waals surface area contributed by atoms with Crippen molar-refractivity contribution in [2.75, 3.05) is 0 Å². The smallest absolute Gasteiger partial charge is 0.425 e. The Balaban J connectivity index is 3.06. The lowest BCUT2D eigenvalue weighted by Gasteiger charge is -2.21. The molecule has 0 saturated carbocycles. The van der Waals surface area contributed by atoms with Gasteiger partial charge >= 0.3 is 18.5 Å². The van der Waals surface area contributed by atoms with Gasteiger partial charge in [-0.3, -0.25) is 0 Å². The second-order valence-corrected chi connectivity index (χ2v) is 4.11. The van der Waals surface area contributed by atoms with Gasteiger partial charge in [0.1, 0.15) is 5.75 Å². The highest BCUT2D eigenvalue weighted by atomic mass is 79.9. The van der Waals surface area contributed by atoms with Crippen LogP contribution in [0.4, 0.5) is 35.1 Å². The van der Waals surface area contributed by atoms with Gasteiger partial charge in [0.05, 0.1) is 10.0 Å². The lowest BCUT2D eigenvalue weighted by Crippen LogP contribution is -2.41. The van der Waals surface area contributed by atoms with Gasteiger partial charge in [-0.1, -0.05) is 0 Å². The van der Waals surface area contributed by atoms with Crippen LogP contribution in [0.3, 0.4) is 0 Å². The first-order valence-corrected chi connectivity index (χ1v) is 5.14. The van der Waals surface area contributed by atoms with E-state index in [0.29, 0.717) is 18.2 Å². The van der Waals surface area contributed by atoms with Crippen LogP contribution in [-0.2, 0) is 6.18 Å². The predicted octanol–water partition coefficient (Wildman–Crippen LogP) is 5.00. The fraction of sp³-hybridized carbons (Fsp3) is 0.333. The van der Waals surface area contributed by atoms with Gasteiger partial charge in [-0.2, -0.15) is 35.1 Å². The van der Waals surface area contributed by atoms with Gasteiger partial charge in [-0.05, 0) is 34.1 Å². The summed E-state index contributed by atoms with van der Waals surface area (Å²) in [6, 6.07) is 1.03. The number of ether oxygens (including phenoxy) is 1. The molecule has 1 rings (SSSR count). The molecule has 0 aliphatic carbocycles. The van der Waals surface area contributed by atoms with Crippen molar-refractivity contribution in [3.8, 4) is 5.75 Å². The van der Waals surface area contributed by atoms with Crippen LogP contribution in [0.15, 0.2) is 22.7 Å². The van der Waals surface area contributed by atoms with Gasteiger partial charge in [-0.25, -0.2) is 0 Å². The summed E-state index contributed by atoms with van der Waals surface area (Å²) < 4.78 is 100. The molecule has 0 aliphatic heterocycles. The van der Waals surface area contributed by atoms with Gasteiger partial charge in [0.2, 0.25) is 0 Å². The van der Waals surface area contributed by atoms with E-state index in [1.807, 2.05) is 0 Å². The monoisotopic (exact) mass is 358 g/mol. The zero-order valence-electron chi connectivity index (χ0n) is 8.54. The van der Waals surface area contributed by atoms with Gasteiger partial charge < -0.3 is 4.74 Å². The molecule has 0 fully saturated rings. The number of rotatable bonds is 2. The van der Waals surface area contributed by atoms with Gasteiger partial charge in [-0.15, -0.1) is 0 Å². The van der Waals surface area contributed by atoms with E-state index in [0.717, 1.165) is 0 Å². The molecule has 0 unspecified atom stereocenters. The van der Waals surface area contributed by atoms with E-state index in [1.165, 1.54) is 0 Å². The number of alkyl halides is 8. The van der Waals surface area contributed by atoms with Crippen LogP contribution >= 0.6 is 15.9 Å². The second-order valence-electron chi connectivity index (χ2n) is 3.26. The quantitative estimate of drug-likeness (QED) is 0.676. The molecule has 0 saturated heterocycles. The summed E-state index contributed by atoms with van der Waals surface area (Å²) in [7, 11) is 0. The topological polar surface area (TPSA) is 9.23 Å². The van der Waals surface area contributed by atoms with E-state index in [-0.39, 0.29) is 0 Å². The molecule has 1 aromatic carbocycles. The van der Waals surface area contributed by atoms with Crippen molar-refractivity contribution >= 4 is 15.9 Å². The molecule has 0 heterocycles. The van der Waals surface area contributed by atoms with Gasteiger partial charge in [0, 0.05) is 0 Å². The number of hydrogen-bond acceptors (Lipinski definition) is 1. The first-order chi connectivity index (χ1) is 8.34. The summed E-state index contributed by atoms with van der Waals surface area (Å²) in [5.41, 5.74) is -1.22. The molecule has 0 amide bonds. The maximum Gasteiger partial charge on any atom is 0.499 e. The minimum atomic E-state index is -5.98. The van der Waals surface area contributed by atoms with Crippen molar-refractivity contribution in [2.24, 2.45) is 0 Å². The molecular formula is C9H3BrF8O. The van der Waals surface area contributed by atoms with Gasteiger partial charge in [0.25, 0.3) is 0 Å². The van der Waals surface area contributed by atoms with Gasteiger partial charge in [0.15, 0.2) is 0 Å². The molecule has 108 valence electrons. The van der Waals surface area contributed by atoms with Crippen LogP contribution in [0, 0.1) is 0 Å². The highest BCUT2D eigenvalue weighted by Gasteiger charge is 2.61. The molecular weight excluding hydrogens is 356 g/mol. The molecule has 1 aromatic rings. The van der Waals surface area contributed by atoms with Crippen LogP contribution in [0.1, 0.15) is 5.56 Å². The van der Waals surface area contributed by atoms with Crippen LogP contribution in [0.2, 0.25) is 0 Å². The maximum atomic E-state index is 12.5. The SMILES string of the molecule is FC(F)(F)c1ccc(OC(F)(F)C(F)(F)F)c(Br)c1. The minimum Gasteiger partial charge on any atom is -0.425 e. The summed E-state index contributed by atoms with van der Waals surface area (Å²) in [5.74, 6) is -1.06. The first kappa shape index (κ1) is 16.0. The zero-order chi connectivity index (χ0) is 15.1. The standard InChI is InChI=1S/C9H3BrF8O/c10-5-3-4(7(11,12)13)1-2-6(5)19-9(17,18)8(14,15)16/h1-3H. The van der Waals surface area contributed by atoms with E-state index >= 15 is 0 Å². The van der Waals surface area contributed by atoms with Crippen molar-refractivity contribution in [1.29, 1.82) is 0 Å². The molecule has 10 heteroatoms. The van der Waals surface area contributed by atoms with Crippen molar-refractivity contribution < 1.29 is 39.9 Å². The predicted molar refractivity (Wildman–Crippen MR) is 50.8 cm³/mol. The minimum absolute atomic E-state index is 0.326. The molecule has 0 bridgehead atoms. The highest BCUT2D eigenvalue weighted by Crippen LogP contribution is 2.41. The molecule has 0 spiro atoms. The Morgan fingerprint density at radius 1 is 0.895 bits per heavy atom. The Hall–Kier alpha value is -1.06. The lowest BCUT2D eigenvalue weighted by molar-refractivity contribution is -0.360. The molecule has 0 aromatic heterocycles. The first-order valence-electron chi connectivity index (χ1n) is 4.35. The summed E-state index contributed by atoms with van der Waals surface area (Å²) in [6.45, 7) is 0. The summed E-state index contributed by atoms with van der Waals surface area (Å²) in [5, 5.41) is 0. The zero-order valence-corrected chi connectivity index (χ0v) is 10.1. The van der Waals surface area contributed by atoms with E-state index in [1.54, 1.807) is 0 Å². The average molecular weight is 359 g/mol. The third kappa shape index (κ3) is 3.71. The van der Waals surface area contributed by atoms with E-state index in [2.05, 4.69) is 20.7 Å². The third-order valence-corrected chi connectivity index (χ3v) is 2.45. The van der Waals surface area contributed by atoms with Crippen molar-refractivity contribution in [2.45, 2.75) is 18.5 Å². The summed E-state index contributed by atoms with van der Waals surface area (Å²) in [4.78, 5) is 0. The van der Waals surface area contributed by atoms with Crippen molar-refractivity contribution in [3.05, 3.63) is 28.2 Å². The fourth-order valence-electron chi connectivity index (χ4n) is 0.956. The molecule has 0 aliphatic rings. The molecule has 0 N–H and O–H groups in total. The molecule has 19 heavy (non-hydrogen) atoms. The summed E-state index contributed by atoms with van der Waals surface area (Å²) >= 11 is 2.43. The van der Waals surface area contributed by atoms with Crippen molar-refractivity contribution in [3.63, 3.8) is 0 Å². The largest absolute Gasteiger partial charge is 0.499 e. The number of hydrogen-bond donors (Lipinski definition) is 0. The van der Waals surface area contributed by atoms with Crippen molar-refractivity contribution in [1.82, 2.24) is 0 Å². The highest BCUT2D eigenvalue weighted by molar-refractivity contribution is 9.10. The van der Waals surface area contributed by atoms with Crippen LogP contribution in [0.25, 0.3) is 0 Å². The maximum absolute atomic E-state index is 12.5. The molecule has 1 nitrogen and oxygen atoms in total. The van der Waals surface area contributed by atoms with Crippen LogP contribution in [-0.4, -0.2) is 12.3 Å².